The lowest BCUT2D eigenvalue weighted by Crippen LogP contribution is -2.43. The summed E-state index contributed by atoms with van der Waals surface area (Å²) < 4.78 is 0. The Morgan fingerprint density at radius 3 is 2.42 bits per heavy atom. The van der Waals surface area contributed by atoms with Gasteiger partial charge in [0.2, 0.25) is 0 Å². The molecule has 1 atom stereocenters. The van der Waals surface area contributed by atoms with Crippen LogP contribution in [-0.2, 0) is 0 Å². The Labute approximate surface area is 73.9 Å². The molecule has 2 amide bonds. The third-order valence-electron chi connectivity index (χ3n) is 1.33. The molecule has 12 heavy (non-hydrogen) atoms. The maximum absolute atomic E-state index is 11.1. The highest BCUT2D eigenvalue weighted by atomic mass is 16.2. The number of urea groups is 1. The summed E-state index contributed by atoms with van der Waals surface area (Å²) in [4.78, 5) is 11.1. The second-order valence-electron chi connectivity index (χ2n) is 2.90. The number of nitrogens with one attached hydrogen (secondary N) is 2. The molecule has 68 valence electrons. The van der Waals surface area contributed by atoms with E-state index in [0.717, 1.165) is 6.42 Å². The lowest BCUT2D eigenvalue weighted by Gasteiger charge is -2.13. The Hall–Kier alpha value is -1.17. The van der Waals surface area contributed by atoms with E-state index in [9.17, 15) is 4.79 Å². The van der Waals surface area contributed by atoms with Crippen LogP contribution < -0.4 is 10.6 Å². The first-order chi connectivity index (χ1) is 5.60. The molecular formula is C9H16N2O. The van der Waals surface area contributed by atoms with Gasteiger partial charge in [-0.3, -0.25) is 0 Å². The minimum absolute atomic E-state index is 0.139. The SMILES string of the molecule is C#CC(CC)NC(=O)NC(C)C. The van der Waals surface area contributed by atoms with Crippen molar-refractivity contribution in [1.29, 1.82) is 0 Å². The lowest BCUT2D eigenvalue weighted by molar-refractivity contribution is 0.236. The molecule has 0 rings (SSSR count). The van der Waals surface area contributed by atoms with Crippen molar-refractivity contribution in [2.24, 2.45) is 0 Å². The molecule has 3 heteroatoms. The Morgan fingerprint density at radius 1 is 1.50 bits per heavy atom. The maximum atomic E-state index is 11.1. The van der Waals surface area contributed by atoms with Crippen molar-refractivity contribution in [3.05, 3.63) is 0 Å². The van der Waals surface area contributed by atoms with Crippen LogP contribution in [0.3, 0.4) is 0 Å². The van der Waals surface area contributed by atoms with Gasteiger partial charge in [0.1, 0.15) is 0 Å². The number of carbonyl (C=O) groups excluding carboxylic acids is 1. The fourth-order valence-corrected chi connectivity index (χ4v) is 0.724. The molecule has 0 aliphatic carbocycles. The van der Waals surface area contributed by atoms with E-state index in [1.165, 1.54) is 0 Å². The topological polar surface area (TPSA) is 41.1 Å². The van der Waals surface area contributed by atoms with Gasteiger partial charge < -0.3 is 10.6 Å². The van der Waals surface area contributed by atoms with Crippen molar-refractivity contribution in [3.8, 4) is 12.3 Å². The van der Waals surface area contributed by atoms with Crippen molar-refractivity contribution in [2.45, 2.75) is 39.3 Å². The van der Waals surface area contributed by atoms with Gasteiger partial charge in [-0.1, -0.05) is 12.8 Å². The van der Waals surface area contributed by atoms with Gasteiger partial charge in [0.05, 0.1) is 6.04 Å². The largest absolute Gasteiger partial charge is 0.336 e. The summed E-state index contributed by atoms with van der Waals surface area (Å²) in [7, 11) is 0. The van der Waals surface area contributed by atoms with E-state index >= 15 is 0 Å². The molecular weight excluding hydrogens is 152 g/mol. The van der Waals surface area contributed by atoms with Gasteiger partial charge in [0, 0.05) is 6.04 Å². The Balaban J connectivity index is 3.76. The minimum Gasteiger partial charge on any atom is -0.336 e. The quantitative estimate of drug-likeness (QED) is 0.609. The zero-order chi connectivity index (χ0) is 9.56. The zero-order valence-electron chi connectivity index (χ0n) is 7.85. The predicted molar refractivity (Wildman–Crippen MR) is 49.7 cm³/mol. The van der Waals surface area contributed by atoms with Crippen LogP contribution in [-0.4, -0.2) is 18.1 Å². The average molecular weight is 168 g/mol. The van der Waals surface area contributed by atoms with E-state index in [1.54, 1.807) is 0 Å². The number of amides is 2. The lowest BCUT2D eigenvalue weighted by atomic mass is 10.2. The van der Waals surface area contributed by atoms with Crippen LogP contribution >= 0.6 is 0 Å². The molecule has 0 aromatic rings. The average Bonchev–Trinajstić information content (AvgIpc) is 1.98. The molecule has 0 radical (unpaired) electrons. The summed E-state index contributed by atoms with van der Waals surface area (Å²) >= 11 is 0. The van der Waals surface area contributed by atoms with Gasteiger partial charge in [-0.2, -0.15) is 0 Å². The van der Waals surface area contributed by atoms with Crippen LogP contribution in [0.25, 0.3) is 0 Å². The highest BCUT2D eigenvalue weighted by Crippen LogP contribution is 1.87. The van der Waals surface area contributed by atoms with E-state index < -0.39 is 0 Å². The fourth-order valence-electron chi connectivity index (χ4n) is 0.724. The van der Waals surface area contributed by atoms with E-state index in [2.05, 4.69) is 16.6 Å². The van der Waals surface area contributed by atoms with Gasteiger partial charge >= 0.3 is 6.03 Å². The van der Waals surface area contributed by atoms with Crippen LogP contribution in [0.1, 0.15) is 27.2 Å². The van der Waals surface area contributed by atoms with Crippen LogP contribution in [0.15, 0.2) is 0 Å². The van der Waals surface area contributed by atoms with Gasteiger partial charge in [0.15, 0.2) is 0 Å². The van der Waals surface area contributed by atoms with Crippen molar-refractivity contribution >= 4 is 6.03 Å². The number of rotatable bonds is 3. The van der Waals surface area contributed by atoms with E-state index in [1.807, 2.05) is 20.8 Å². The molecule has 0 saturated carbocycles. The number of hydrogen-bond acceptors (Lipinski definition) is 1. The number of carbonyl (C=O) groups is 1. The Morgan fingerprint density at radius 2 is 2.08 bits per heavy atom. The van der Waals surface area contributed by atoms with E-state index in [0.29, 0.717) is 0 Å². The zero-order valence-corrected chi connectivity index (χ0v) is 7.85. The molecule has 3 nitrogen and oxygen atoms in total. The van der Waals surface area contributed by atoms with Gasteiger partial charge in [-0.15, -0.1) is 6.42 Å². The van der Waals surface area contributed by atoms with E-state index in [4.69, 9.17) is 6.42 Å². The van der Waals surface area contributed by atoms with Gasteiger partial charge in [0.25, 0.3) is 0 Å². The second kappa shape index (κ2) is 5.48. The molecule has 0 aliphatic rings. The summed E-state index contributed by atoms with van der Waals surface area (Å²) in [5.41, 5.74) is 0. The third-order valence-corrected chi connectivity index (χ3v) is 1.33. The standard InChI is InChI=1S/C9H16N2O/c1-5-8(6-2)11-9(12)10-7(3)4/h1,7-8H,6H2,2-4H3,(H2,10,11,12). The van der Waals surface area contributed by atoms with E-state index in [-0.39, 0.29) is 18.1 Å². The third kappa shape index (κ3) is 4.62. The van der Waals surface area contributed by atoms with Crippen molar-refractivity contribution in [1.82, 2.24) is 10.6 Å². The molecule has 0 spiro atoms. The number of hydrogen-bond donors (Lipinski definition) is 2. The van der Waals surface area contributed by atoms with Gasteiger partial charge in [-0.25, -0.2) is 4.79 Å². The molecule has 1 unspecified atom stereocenters. The summed E-state index contributed by atoms with van der Waals surface area (Å²) in [6.07, 6.45) is 5.92. The van der Waals surface area contributed by atoms with Crippen molar-refractivity contribution < 1.29 is 4.79 Å². The Kier molecular flexibility index (Phi) is 4.94. The van der Waals surface area contributed by atoms with Crippen LogP contribution in [0.2, 0.25) is 0 Å². The summed E-state index contributed by atoms with van der Waals surface area (Å²) in [6, 6.07) is -0.223. The highest BCUT2D eigenvalue weighted by Gasteiger charge is 2.06. The highest BCUT2D eigenvalue weighted by molar-refractivity contribution is 5.74. The first-order valence-corrected chi connectivity index (χ1v) is 4.13. The fraction of sp³-hybridized carbons (Fsp3) is 0.667. The van der Waals surface area contributed by atoms with Gasteiger partial charge in [-0.05, 0) is 20.3 Å². The summed E-state index contributed by atoms with van der Waals surface area (Å²) in [6.45, 7) is 5.73. The monoisotopic (exact) mass is 168 g/mol. The first kappa shape index (κ1) is 10.8. The smallest absolute Gasteiger partial charge is 0.315 e. The molecule has 0 saturated heterocycles. The minimum atomic E-state index is -0.199. The molecule has 0 aromatic heterocycles. The van der Waals surface area contributed by atoms with Crippen LogP contribution in [0, 0.1) is 12.3 Å². The molecule has 0 aromatic carbocycles. The summed E-state index contributed by atoms with van der Waals surface area (Å²) in [5.74, 6) is 2.48. The van der Waals surface area contributed by atoms with Crippen LogP contribution in [0.5, 0.6) is 0 Å². The van der Waals surface area contributed by atoms with Crippen molar-refractivity contribution in [3.63, 3.8) is 0 Å². The maximum Gasteiger partial charge on any atom is 0.315 e. The molecule has 2 N–H and O–H groups in total. The second-order valence-corrected chi connectivity index (χ2v) is 2.90. The predicted octanol–water partition coefficient (Wildman–Crippen LogP) is 1.11. The van der Waals surface area contributed by atoms with Crippen LogP contribution in [0.4, 0.5) is 4.79 Å². The molecule has 0 bridgehead atoms. The summed E-state index contributed by atoms with van der Waals surface area (Å²) in [5, 5.41) is 5.36. The molecule has 0 aliphatic heterocycles. The molecule has 0 heterocycles. The first-order valence-electron chi connectivity index (χ1n) is 4.13. The molecule has 0 fully saturated rings. The normalized spacial score (nSPS) is 11.9. The number of terminal acetylenes is 1. The Bertz CT molecular complexity index is 181. The van der Waals surface area contributed by atoms with Crippen molar-refractivity contribution in [2.75, 3.05) is 0 Å².